The predicted molar refractivity (Wildman–Crippen MR) is 129 cm³/mol. The van der Waals surface area contributed by atoms with Crippen molar-refractivity contribution in [1.82, 2.24) is 9.97 Å². The maximum atomic E-state index is 13.4. The Morgan fingerprint density at radius 1 is 1.16 bits per heavy atom. The molecule has 0 saturated heterocycles. The topological polar surface area (TPSA) is 50.2 Å². The van der Waals surface area contributed by atoms with Gasteiger partial charge < -0.3 is 5.32 Å². The Morgan fingerprint density at radius 2 is 1.90 bits per heavy atom. The Labute approximate surface area is 183 Å². The van der Waals surface area contributed by atoms with Crippen LogP contribution in [0.5, 0.6) is 0 Å². The average molecular weight is 417 g/mol. The Kier molecular flexibility index (Phi) is 7.29. The summed E-state index contributed by atoms with van der Waals surface area (Å²) in [6, 6.07) is 10.8. The highest BCUT2D eigenvalue weighted by molar-refractivity contribution is 5.95. The van der Waals surface area contributed by atoms with E-state index in [1.807, 2.05) is 19.1 Å². The van der Waals surface area contributed by atoms with E-state index in [-0.39, 0.29) is 5.82 Å². The van der Waals surface area contributed by atoms with Crippen molar-refractivity contribution in [3.05, 3.63) is 78.4 Å². The lowest BCUT2D eigenvalue weighted by molar-refractivity contribution is 0.628. The van der Waals surface area contributed by atoms with Gasteiger partial charge in [0, 0.05) is 24.7 Å². The van der Waals surface area contributed by atoms with Crippen LogP contribution in [0.25, 0.3) is 22.0 Å². The first kappa shape index (κ1) is 22.3. The van der Waals surface area contributed by atoms with E-state index in [0.29, 0.717) is 12.5 Å². The van der Waals surface area contributed by atoms with Crippen LogP contribution in [-0.4, -0.2) is 29.3 Å². The van der Waals surface area contributed by atoms with E-state index in [4.69, 9.17) is 0 Å². The van der Waals surface area contributed by atoms with Crippen LogP contribution in [0.2, 0.25) is 0 Å². The van der Waals surface area contributed by atoms with E-state index in [2.05, 4.69) is 52.8 Å². The van der Waals surface area contributed by atoms with Gasteiger partial charge in [-0.1, -0.05) is 38.6 Å². The number of hydrogen-bond acceptors (Lipinski definition) is 4. The quantitative estimate of drug-likeness (QED) is 0.334. The monoisotopic (exact) mass is 416 g/mol. The molecule has 2 aromatic carbocycles. The van der Waals surface area contributed by atoms with Gasteiger partial charge in [-0.2, -0.15) is 0 Å². The Hall–Kier alpha value is -3.34. The van der Waals surface area contributed by atoms with Gasteiger partial charge >= 0.3 is 0 Å². The number of aromatic nitrogens is 2. The van der Waals surface area contributed by atoms with Gasteiger partial charge in [-0.05, 0) is 71.9 Å². The summed E-state index contributed by atoms with van der Waals surface area (Å²) >= 11 is 0. The summed E-state index contributed by atoms with van der Waals surface area (Å²) in [6.07, 6.45) is 6.48. The number of benzene rings is 2. The minimum atomic E-state index is -0.243. The Balaban J connectivity index is 2.02. The summed E-state index contributed by atoms with van der Waals surface area (Å²) in [5.41, 5.74) is 5.95. The molecule has 0 amide bonds. The first-order valence-electron chi connectivity index (χ1n) is 10.5. The number of nitrogens with zero attached hydrogens (tertiary/aromatic N) is 3. The van der Waals surface area contributed by atoms with Crippen molar-refractivity contribution in [3.8, 4) is 11.1 Å². The molecule has 0 bridgehead atoms. The summed E-state index contributed by atoms with van der Waals surface area (Å²) in [5.74, 6) is 0.848. The van der Waals surface area contributed by atoms with Gasteiger partial charge in [0.25, 0.3) is 0 Å². The molecule has 3 rings (SSSR count). The van der Waals surface area contributed by atoms with E-state index in [1.54, 1.807) is 25.5 Å². The zero-order valence-electron chi connectivity index (χ0n) is 18.6. The fourth-order valence-electron chi connectivity index (χ4n) is 3.31. The van der Waals surface area contributed by atoms with Crippen LogP contribution in [-0.2, 0) is 0 Å². The van der Waals surface area contributed by atoms with Crippen LogP contribution in [0.1, 0.15) is 38.7 Å². The molecular weight excluding hydrogens is 387 g/mol. The lowest BCUT2D eigenvalue weighted by Crippen LogP contribution is -2.07. The van der Waals surface area contributed by atoms with Crippen molar-refractivity contribution in [2.45, 2.75) is 33.1 Å². The smallest absolute Gasteiger partial charge is 0.137 e. The molecule has 0 fully saturated rings. The number of allylic oxidation sites excluding steroid dienone is 1. The molecule has 0 radical (unpaired) electrons. The Bertz CT molecular complexity index is 1130. The van der Waals surface area contributed by atoms with Crippen molar-refractivity contribution >= 4 is 22.4 Å². The van der Waals surface area contributed by atoms with Crippen molar-refractivity contribution in [1.29, 1.82) is 0 Å². The second kappa shape index (κ2) is 10.1. The van der Waals surface area contributed by atoms with Crippen LogP contribution < -0.4 is 5.32 Å². The molecule has 1 atom stereocenters. The van der Waals surface area contributed by atoms with Crippen LogP contribution in [0.15, 0.2) is 72.0 Å². The molecule has 1 aromatic heterocycles. The van der Waals surface area contributed by atoms with Crippen molar-refractivity contribution in [2.24, 2.45) is 4.99 Å². The van der Waals surface area contributed by atoms with Crippen LogP contribution >= 0.6 is 0 Å². The van der Waals surface area contributed by atoms with Crippen molar-refractivity contribution in [2.75, 3.05) is 18.9 Å². The summed E-state index contributed by atoms with van der Waals surface area (Å²) in [5, 5.41) is 4.35. The largest absolute Gasteiger partial charge is 0.365 e. The average Bonchev–Trinajstić information content (AvgIpc) is 2.80. The molecule has 0 aliphatic carbocycles. The zero-order valence-corrected chi connectivity index (χ0v) is 18.6. The molecule has 1 heterocycles. The number of rotatable bonds is 8. The van der Waals surface area contributed by atoms with E-state index >= 15 is 0 Å². The first-order chi connectivity index (χ1) is 14.9. The van der Waals surface area contributed by atoms with Gasteiger partial charge in [0.15, 0.2) is 0 Å². The van der Waals surface area contributed by atoms with Crippen LogP contribution in [0, 0.1) is 5.82 Å². The number of aliphatic imine (C=N–C) groups is 1. The molecule has 5 heteroatoms. The minimum absolute atomic E-state index is 0.243. The lowest BCUT2D eigenvalue weighted by atomic mass is 9.91. The fourth-order valence-corrected chi connectivity index (χ4v) is 3.31. The van der Waals surface area contributed by atoms with Gasteiger partial charge in [0.1, 0.15) is 18.0 Å². The maximum absolute atomic E-state index is 13.4. The molecule has 1 unspecified atom stereocenters. The second-order valence-electron chi connectivity index (χ2n) is 7.71. The normalized spacial score (nSPS) is 13.0. The summed E-state index contributed by atoms with van der Waals surface area (Å²) < 4.78 is 13.4. The van der Waals surface area contributed by atoms with Gasteiger partial charge in [-0.25, -0.2) is 14.4 Å². The van der Waals surface area contributed by atoms with Crippen LogP contribution in [0.3, 0.4) is 0 Å². The van der Waals surface area contributed by atoms with E-state index in [9.17, 15) is 4.39 Å². The highest BCUT2D eigenvalue weighted by Crippen LogP contribution is 2.34. The molecular formula is C26H29FN4. The molecule has 4 nitrogen and oxygen atoms in total. The number of halogens is 1. The van der Waals surface area contributed by atoms with Crippen molar-refractivity contribution < 1.29 is 4.39 Å². The first-order valence-corrected chi connectivity index (χ1v) is 10.5. The SMILES string of the molecule is C=C(/C=C\C(C)=N/C)CNc1ncnc2c(C(C)CC)cc(-c3ccc(F)cc3)cc12. The highest BCUT2D eigenvalue weighted by Gasteiger charge is 2.15. The lowest BCUT2D eigenvalue weighted by Gasteiger charge is -2.17. The van der Waals surface area contributed by atoms with Gasteiger partial charge in [-0.3, -0.25) is 4.99 Å². The molecule has 0 aliphatic heterocycles. The van der Waals surface area contributed by atoms with E-state index in [0.717, 1.165) is 45.6 Å². The highest BCUT2D eigenvalue weighted by atomic mass is 19.1. The third-order valence-corrected chi connectivity index (χ3v) is 5.48. The molecule has 0 aliphatic rings. The van der Waals surface area contributed by atoms with E-state index < -0.39 is 0 Å². The minimum Gasteiger partial charge on any atom is -0.365 e. The second-order valence-corrected chi connectivity index (χ2v) is 7.71. The molecule has 31 heavy (non-hydrogen) atoms. The zero-order chi connectivity index (χ0) is 22.4. The third kappa shape index (κ3) is 5.43. The predicted octanol–water partition coefficient (Wildman–Crippen LogP) is 6.56. The van der Waals surface area contributed by atoms with Gasteiger partial charge in [-0.15, -0.1) is 0 Å². The number of anilines is 1. The van der Waals surface area contributed by atoms with Crippen molar-refractivity contribution in [3.63, 3.8) is 0 Å². The molecule has 0 saturated carbocycles. The summed E-state index contributed by atoms with van der Waals surface area (Å²) in [4.78, 5) is 13.2. The fraction of sp³-hybridized carbons (Fsp3) is 0.269. The molecule has 0 spiro atoms. The number of nitrogens with one attached hydrogen (secondary N) is 1. The Morgan fingerprint density at radius 3 is 2.58 bits per heavy atom. The van der Waals surface area contributed by atoms with Gasteiger partial charge in [0.2, 0.25) is 0 Å². The van der Waals surface area contributed by atoms with E-state index in [1.165, 1.54) is 17.7 Å². The summed E-state index contributed by atoms with van der Waals surface area (Å²) in [7, 11) is 1.77. The van der Waals surface area contributed by atoms with Crippen LogP contribution in [0.4, 0.5) is 10.2 Å². The third-order valence-electron chi connectivity index (χ3n) is 5.48. The van der Waals surface area contributed by atoms with Gasteiger partial charge in [0.05, 0.1) is 5.52 Å². The standard InChI is InChI=1S/C26H29FN4/c1-6-18(3)23-13-21(20-9-11-22(27)12-10-20)14-24-25(23)30-16-31-26(24)29-15-17(2)7-8-19(4)28-5/h7-14,16,18H,2,6,15H2,1,3-5H3,(H,29,30,31)/b8-7-,28-19-. The number of hydrogen-bond donors (Lipinski definition) is 1. The molecule has 160 valence electrons. The number of fused-ring (bicyclic) bond motifs is 1. The molecule has 3 aromatic rings. The maximum Gasteiger partial charge on any atom is 0.137 e. The molecule has 1 N–H and O–H groups in total. The summed E-state index contributed by atoms with van der Waals surface area (Å²) in [6.45, 7) is 11.0.